The van der Waals surface area contributed by atoms with Crippen molar-refractivity contribution in [2.24, 2.45) is 0 Å². The van der Waals surface area contributed by atoms with Gasteiger partial charge in [-0.25, -0.2) is 0 Å². The van der Waals surface area contributed by atoms with Gasteiger partial charge in [0.2, 0.25) is 11.7 Å². The first-order valence-corrected chi connectivity index (χ1v) is 11.9. The molecular weight excluding hydrogens is 472 g/mol. The van der Waals surface area contributed by atoms with Gasteiger partial charge in [0.25, 0.3) is 5.91 Å². The van der Waals surface area contributed by atoms with Crippen LogP contribution in [0.2, 0.25) is 0 Å². The lowest BCUT2D eigenvalue weighted by Gasteiger charge is -2.29. The molecule has 0 bridgehead atoms. The number of hydrogen-bond acceptors (Lipinski definition) is 8. The molecule has 0 aliphatic carbocycles. The third-order valence-corrected chi connectivity index (χ3v) is 7.87. The maximum atomic E-state index is 13.6. The van der Waals surface area contributed by atoms with E-state index in [2.05, 4.69) is 5.32 Å². The van der Waals surface area contributed by atoms with Gasteiger partial charge in [-0.15, -0.1) is 11.8 Å². The summed E-state index contributed by atoms with van der Waals surface area (Å²) in [7, 11) is 7.65. The first-order valence-electron chi connectivity index (χ1n) is 11.0. The maximum Gasteiger partial charge on any atom is 0.260 e. The van der Waals surface area contributed by atoms with Crippen molar-refractivity contribution in [3.63, 3.8) is 0 Å². The van der Waals surface area contributed by atoms with Crippen molar-refractivity contribution in [1.29, 1.82) is 0 Å². The zero-order valence-corrected chi connectivity index (χ0v) is 21.7. The number of rotatable bonds is 8. The summed E-state index contributed by atoms with van der Waals surface area (Å²) in [5, 5.41) is 2.71. The molecule has 1 fully saturated rings. The van der Waals surface area contributed by atoms with Crippen molar-refractivity contribution in [2.45, 2.75) is 36.6 Å². The quantitative estimate of drug-likeness (QED) is 0.587. The standard InChI is InChI=1S/C25H30N2O7S/c1-25(2)21(22(28)26-12-13-10-16(31-4)19(33-6)17(11-13)32-5)27-23(29)18-14(24(27)35-25)8-9-15(30-3)20(18)34-7/h8-11,21,24H,12H2,1-7H3,(H,26,28). The first kappa shape index (κ1) is 24.8. The fourth-order valence-electron chi connectivity index (χ4n) is 4.78. The van der Waals surface area contributed by atoms with Gasteiger partial charge in [0.15, 0.2) is 23.0 Å². The molecule has 2 aromatic carbocycles. The van der Waals surface area contributed by atoms with Crippen LogP contribution in [0.25, 0.3) is 0 Å². The van der Waals surface area contributed by atoms with Gasteiger partial charge in [0, 0.05) is 16.9 Å². The lowest BCUT2D eigenvalue weighted by atomic mass is 10.0. The van der Waals surface area contributed by atoms with Crippen LogP contribution in [0.15, 0.2) is 24.3 Å². The Morgan fingerprint density at radius 1 is 0.943 bits per heavy atom. The van der Waals surface area contributed by atoms with Gasteiger partial charge < -0.3 is 33.9 Å². The summed E-state index contributed by atoms with van der Waals surface area (Å²) in [6.07, 6.45) is 0. The number of benzene rings is 2. The summed E-state index contributed by atoms with van der Waals surface area (Å²) in [5.74, 6) is 1.86. The zero-order valence-electron chi connectivity index (χ0n) is 20.9. The SMILES string of the molecule is COc1cc(CNC(=O)C2N3C(=O)c4c(ccc(OC)c4OC)C3SC2(C)C)cc(OC)c1OC. The van der Waals surface area contributed by atoms with Crippen molar-refractivity contribution in [1.82, 2.24) is 10.2 Å². The second kappa shape index (κ2) is 9.41. The van der Waals surface area contributed by atoms with Crippen LogP contribution in [0.4, 0.5) is 0 Å². The number of ether oxygens (including phenoxy) is 5. The third-order valence-electron chi connectivity index (χ3n) is 6.34. The number of nitrogens with zero attached hydrogens (tertiary/aromatic N) is 1. The minimum Gasteiger partial charge on any atom is -0.493 e. The second-order valence-corrected chi connectivity index (χ2v) is 10.4. The van der Waals surface area contributed by atoms with E-state index in [9.17, 15) is 9.59 Å². The normalized spacial score (nSPS) is 19.6. The average Bonchev–Trinajstić information content (AvgIpc) is 3.29. The summed E-state index contributed by atoms with van der Waals surface area (Å²) >= 11 is 1.58. The summed E-state index contributed by atoms with van der Waals surface area (Å²) in [5.41, 5.74) is 2.04. The Morgan fingerprint density at radius 3 is 2.09 bits per heavy atom. The van der Waals surface area contributed by atoms with E-state index in [1.54, 1.807) is 34.9 Å². The fraction of sp³-hybridized carbons (Fsp3) is 0.440. The molecule has 10 heteroatoms. The maximum absolute atomic E-state index is 13.6. The molecular formula is C25H30N2O7S. The number of hydrogen-bond donors (Lipinski definition) is 1. The number of fused-ring (bicyclic) bond motifs is 3. The Bertz CT molecular complexity index is 1140. The van der Waals surface area contributed by atoms with Crippen molar-refractivity contribution in [3.8, 4) is 28.7 Å². The minimum absolute atomic E-state index is 0.226. The van der Waals surface area contributed by atoms with E-state index in [-0.39, 0.29) is 23.7 Å². The van der Waals surface area contributed by atoms with E-state index >= 15 is 0 Å². The highest BCUT2D eigenvalue weighted by Crippen LogP contribution is 2.58. The average molecular weight is 503 g/mol. The molecule has 0 spiro atoms. The first-order chi connectivity index (χ1) is 16.7. The van der Waals surface area contributed by atoms with Gasteiger partial charge in [-0.1, -0.05) is 6.07 Å². The van der Waals surface area contributed by atoms with Crippen LogP contribution in [-0.4, -0.2) is 63.1 Å². The molecule has 188 valence electrons. The van der Waals surface area contributed by atoms with Gasteiger partial charge in [-0.05, 0) is 37.6 Å². The molecule has 2 unspecified atom stereocenters. The van der Waals surface area contributed by atoms with Crippen molar-refractivity contribution in [3.05, 3.63) is 41.0 Å². The minimum atomic E-state index is -0.685. The Kier molecular flexibility index (Phi) is 6.68. The largest absolute Gasteiger partial charge is 0.493 e. The van der Waals surface area contributed by atoms with Gasteiger partial charge in [-0.2, -0.15) is 0 Å². The lowest BCUT2D eigenvalue weighted by molar-refractivity contribution is -0.126. The predicted octanol–water partition coefficient (Wildman–Crippen LogP) is 3.39. The summed E-state index contributed by atoms with van der Waals surface area (Å²) < 4.78 is 26.6. The molecule has 0 radical (unpaired) electrons. The molecule has 1 N–H and O–H groups in total. The number of carbonyl (C=O) groups excluding carboxylic acids is 2. The molecule has 2 atom stereocenters. The van der Waals surface area contributed by atoms with E-state index in [0.717, 1.165) is 11.1 Å². The number of amides is 2. The third kappa shape index (κ3) is 3.99. The van der Waals surface area contributed by atoms with Gasteiger partial charge in [0.1, 0.15) is 11.4 Å². The molecule has 2 aromatic rings. The highest BCUT2D eigenvalue weighted by molar-refractivity contribution is 8.01. The van der Waals surface area contributed by atoms with Crippen LogP contribution in [0.5, 0.6) is 28.7 Å². The number of methoxy groups -OCH3 is 5. The van der Waals surface area contributed by atoms with Crippen molar-refractivity contribution < 1.29 is 33.3 Å². The molecule has 9 nitrogen and oxygen atoms in total. The Labute approximate surface area is 209 Å². The van der Waals surface area contributed by atoms with Crippen LogP contribution in [0.3, 0.4) is 0 Å². The van der Waals surface area contributed by atoms with Crippen LogP contribution in [0, 0.1) is 0 Å². The Balaban J connectivity index is 1.61. The predicted molar refractivity (Wildman–Crippen MR) is 132 cm³/mol. The van der Waals surface area contributed by atoms with Crippen LogP contribution in [-0.2, 0) is 11.3 Å². The Hall–Kier alpha value is -3.27. The molecule has 4 rings (SSSR count). The van der Waals surface area contributed by atoms with Crippen LogP contribution < -0.4 is 29.0 Å². The molecule has 35 heavy (non-hydrogen) atoms. The highest BCUT2D eigenvalue weighted by Gasteiger charge is 2.58. The van der Waals surface area contributed by atoms with E-state index in [1.165, 1.54) is 35.5 Å². The molecule has 2 heterocycles. The molecule has 1 saturated heterocycles. The molecule has 2 aliphatic heterocycles. The van der Waals surface area contributed by atoms with Crippen LogP contribution >= 0.6 is 11.8 Å². The van der Waals surface area contributed by atoms with E-state index < -0.39 is 10.8 Å². The molecule has 0 saturated carbocycles. The molecule has 2 amide bonds. The topological polar surface area (TPSA) is 95.6 Å². The van der Waals surface area contributed by atoms with E-state index in [1.807, 2.05) is 19.9 Å². The lowest BCUT2D eigenvalue weighted by Crippen LogP contribution is -2.52. The number of thioether (sulfide) groups is 1. The van der Waals surface area contributed by atoms with Gasteiger partial charge in [0.05, 0.1) is 41.1 Å². The van der Waals surface area contributed by atoms with Gasteiger partial charge in [-0.3, -0.25) is 9.59 Å². The highest BCUT2D eigenvalue weighted by atomic mass is 32.2. The second-order valence-electron chi connectivity index (χ2n) is 8.71. The van der Waals surface area contributed by atoms with Crippen LogP contribution in [0.1, 0.15) is 40.7 Å². The number of nitrogens with one attached hydrogen (secondary N) is 1. The van der Waals surface area contributed by atoms with E-state index in [4.69, 9.17) is 23.7 Å². The monoisotopic (exact) mass is 502 g/mol. The molecule has 2 aliphatic rings. The number of carbonyl (C=O) groups is 2. The van der Waals surface area contributed by atoms with Crippen molar-refractivity contribution in [2.75, 3.05) is 35.5 Å². The van der Waals surface area contributed by atoms with E-state index in [0.29, 0.717) is 34.3 Å². The van der Waals surface area contributed by atoms with Gasteiger partial charge >= 0.3 is 0 Å². The summed E-state index contributed by atoms with van der Waals surface area (Å²) in [6, 6.07) is 6.55. The Morgan fingerprint density at radius 2 is 1.54 bits per heavy atom. The molecule has 0 aromatic heterocycles. The summed E-state index contributed by atoms with van der Waals surface area (Å²) in [4.78, 5) is 28.8. The zero-order chi connectivity index (χ0) is 25.5. The fourth-order valence-corrected chi connectivity index (χ4v) is 6.36. The van der Waals surface area contributed by atoms with Crippen molar-refractivity contribution >= 4 is 23.6 Å². The smallest absolute Gasteiger partial charge is 0.260 e. The summed E-state index contributed by atoms with van der Waals surface area (Å²) in [6.45, 7) is 4.18.